The topological polar surface area (TPSA) is 101 Å². The van der Waals surface area contributed by atoms with Crippen molar-refractivity contribution in [3.05, 3.63) is 50.5 Å². The van der Waals surface area contributed by atoms with Gasteiger partial charge in [-0.3, -0.25) is 4.79 Å². The number of hydrazone groups is 1. The fourth-order valence-corrected chi connectivity index (χ4v) is 2.32. The molecule has 24 heavy (non-hydrogen) atoms. The molecule has 0 saturated carbocycles. The number of nitrogen functional groups attached to an aromatic ring is 1. The van der Waals surface area contributed by atoms with Crippen molar-refractivity contribution in [1.29, 1.82) is 0 Å². The van der Waals surface area contributed by atoms with E-state index < -0.39 is 11.7 Å². The van der Waals surface area contributed by atoms with Crippen LogP contribution in [0.15, 0.2) is 23.3 Å². The Kier molecular flexibility index (Phi) is 5.48. The quantitative estimate of drug-likeness (QED) is 0.422. The lowest BCUT2D eigenvalue weighted by Crippen LogP contribution is -2.21. The van der Waals surface area contributed by atoms with Gasteiger partial charge in [0.2, 0.25) is 0 Å². The van der Waals surface area contributed by atoms with Crippen LogP contribution in [0.3, 0.4) is 0 Å². The molecule has 0 saturated heterocycles. The number of nitrogens with zero attached hydrogens (tertiary/aromatic N) is 2. The maximum Gasteiger partial charge on any atom is 0.291 e. The van der Waals surface area contributed by atoms with Crippen molar-refractivity contribution in [3.8, 4) is 5.75 Å². The Balaban J connectivity index is 2.29. The minimum atomic E-state index is -0.805. The number of hydrogen-bond donors (Lipinski definition) is 3. The second-order valence-corrected chi connectivity index (χ2v) is 5.71. The van der Waals surface area contributed by atoms with E-state index >= 15 is 0 Å². The molecule has 1 amide bonds. The number of phenolic OH excluding ortho intramolecular Hbond substituents is 1. The van der Waals surface area contributed by atoms with Gasteiger partial charge in [-0.1, -0.05) is 34.8 Å². The Bertz CT molecular complexity index is 858. The predicted octanol–water partition coefficient (Wildman–Crippen LogP) is 3.62. The molecule has 10 heteroatoms. The molecule has 6 nitrogen and oxygen atoms in total. The van der Waals surface area contributed by atoms with Crippen LogP contribution in [0.4, 0.5) is 10.1 Å². The number of nitrogens with one attached hydrogen (secondary N) is 1. The zero-order valence-corrected chi connectivity index (χ0v) is 14.3. The van der Waals surface area contributed by atoms with Gasteiger partial charge in [-0.15, -0.1) is 0 Å². The van der Waals surface area contributed by atoms with Gasteiger partial charge in [-0.25, -0.2) is 14.8 Å². The average molecular weight is 392 g/mol. The second-order valence-electron chi connectivity index (χ2n) is 4.59. The molecule has 2 aromatic rings. The van der Waals surface area contributed by atoms with Gasteiger partial charge in [0, 0.05) is 5.56 Å². The number of carbonyl (C=O) groups excluding carboxylic acids is 1. The van der Waals surface area contributed by atoms with E-state index in [1.54, 1.807) is 0 Å². The number of hydrogen-bond acceptors (Lipinski definition) is 5. The minimum Gasteiger partial charge on any atom is -0.507 e. The Morgan fingerprint density at radius 2 is 2.00 bits per heavy atom. The summed E-state index contributed by atoms with van der Waals surface area (Å²) in [6.07, 6.45) is 0. The summed E-state index contributed by atoms with van der Waals surface area (Å²) in [4.78, 5) is 15.9. The monoisotopic (exact) mass is 390 g/mol. The number of aromatic nitrogens is 1. The van der Waals surface area contributed by atoms with E-state index in [1.807, 2.05) is 0 Å². The fourth-order valence-electron chi connectivity index (χ4n) is 1.73. The van der Waals surface area contributed by atoms with Crippen molar-refractivity contribution >= 4 is 52.1 Å². The maximum absolute atomic E-state index is 13.2. The predicted molar refractivity (Wildman–Crippen MR) is 91.4 cm³/mol. The molecule has 0 aliphatic rings. The number of halogens is 4. The van der Waals surface area contributed by atoms with Crippen LogP contribution in [0.25, 0.3) is 0 Å². The molecule has 0 aliphatic carbocycles. The molecule has 0 spiro atoms. The maximum atomic E-state index is 13.2. The van der Waals surface area contributed by atoms with E-state index in [0.717, 1.165) is 12.1 Å². The first-order valence-corrected chi connectivity index (χ1v) is 7.49. The second kappa shape index (κ2) is 7.21. The lowest BCUT2D eigenvalue weighted by molar-refractivity contribution is 0.0950. The summed E-state index contributed by atoms with van der Waals surface area (Å²) in [6.45, 7) is 1.47. The SMILES string of the molecule is C/C(=N\NC(=O)c1nc(Cl)c(Cl)c(N)c1Cl)c1cc(F)ccc1O. The number of anilines is 1. The molecule has 1 aromatic heterocycles. The van der Waals surface area contributed by atoms with Crippen LogP contribution in [-0.4, -0.2) is 21.7 Å². The summed E-state index contributed by atoms with van der Waals surface area (Å²) in [5.74, 6) is -1.56. The molecule has 2 rings (SSSR count). The highest BCUT2D eigenvalue weighted by Gasteiger charge is 2.19. The molecule has 126 valence electrons. The largest absolute Gasteiger partial charge is 0.507 e. The van der Waals surface area contributed by atoms with E-state index in [1.165, 1.54) is 13.0 Å². The Hall–Kier alpha value is -2.09. The molecule has 0 unspecified atom stereocenters. The van der Waals surface area contributed by atoms with Crippen molar-refractivity contribution in [2.45, 2.75) is 6.92 Å². The van der Waals surface area contributed by atoms with Gasteiger partial charge >= 0.3 is 0 Å². The summed E-state index contributed by atoms with van der Waals surface area (Å²) >= 11 is 17.4. The van der Waals surface area contributed by atoms with Crippen LogP contribution in [-0.2, 0) is 0 Å². The molecule has 1 aromatic carbocycles. The normalized spacial score (nSPS) is 11.5. The smallest absolute Gasteiger partial charge is 0.291 e. The summed E-state index contributed by atoms with van der Waals surface area (Å²) in [7, 11) is 0. The number of rotatable bonds is 3. The first-order valence-electron chi connectivity index (χ1n) is 6.35. The van der Waals surface area contributed by atoms with Crippen LogP contribution in [0, 0.1) is 5.82 Å². The van der Waals surface area contributed by atoms with Crippen LogP contribution in [0.5, 0.6) is 5.75 Å². The molecule has 4 N–H and O–H groups in total. The molecule has 0 bridgehead atoms. The van der Waals surface area contributed by atoms with Crippen LogP contribution < -0.4 is 11.2 Å². The molecule has 0 radical (unpaired) electrons. The third-order valence-corrected chi connectivity index (χ3v) is 4.10. The van der Waals surface area contributed by atoms with E-state index in [0.29, 0.717) is 0 Å². The van der Waals surface area contributed by atoms with Gasteiger partial charge in [0.1, 0.15) is 16.6 Å². The van der Waals surface area contributed by atoms with E-state index in [4.69, 9.17) is 40.5 Å². The van der Waals surface area contributed by atoms with Gasteiger partial charge in [0.15, 0.2) is 10.8 Å². The van der Waals surface area contributed by atoms with E-state index in [-0.39, 0.29) is 43.6 Å². The number of carbonyl (C=O) groups is 1. The highest BCUT2D eigenvalue weighted by atomic mass is 35.5. The van der Waals surface area contributed by atoms with Crippen molar-refractivity contribution in [2.24, 2.45) is 5.10 Å². The number of aromatic hydroxyl groups is 1. The molecule has 0 fully saturated rings. The summed E-state index contributed by atoms with van der Waals surface area (Å²) in [5, 5.41) is 13.0. The van der Waals surface area contributed by atoms with E-state index in [2.05, 4.69) is 15.5 Å². The van der Waals surface area contributed by atoms with Crippen molar-refractivity contribution in [3.63, 3.8) is 0 Å². The summed E-state index contributed by atoms with van der Waals surface area (Å²) in [5.41, 5.74) is 7.70. The first kappa shape index (κ1) is 18.3. The molecule has 1 heterocycles. The molecular formula is C14H10Cl3FN4O2. The third-order valence-electron chi connectivity index (χ3n) is 2.96. The lowest BCUT2D eigenvalue weighted by Gasteiger charge is -2.08. The standard InChI is InChI=1S/C14H10Cl3FN4O2/c1-5(7-4-6(18)2-3-8(7)23)21-22-14(24)12-9(15)11(19)10(16)13(17)20-12/h2-4,23H,1H3,(H2,19,20)(H,22,24)/b21-5+. The van der Waals surface area contributed by atoms with Gasteiger partial charge in [0.05, 0.1) is 16.4 Å². The zero-order chi connectivity index (χ0) is 18.0. The number of amides is 1. The van der Waals surface area contributed by atoms with Crippen LogP contribution in [0.2, 0.25) is 15.2 Å². The zero-order valence-electron chi connectivity index (χ0n) is 12.1. The average Bonchev–Trinajstić information content (AvgIpc) is 2.55. The van der Waals surface area contributed by atoms with Gasteiger partial charge in [0.25, 0.3) is 5.91 Å². The van der Waals surface area contributed by atoms with Crippen molar-refractivity contribution in [2.75, 3.05) is 5.73 Å². The highest BCUT2D eigenvalue weighted by molar-refractivity contribution is 6.46. The molecular weight excluding hydrogens is 382 g/mol. The lowest BCUT2D eigenvalue weighted by atomic mass is 10.1. The van der Waals surface area contributed by atoms with Gasteiger partial charge in [-0.2, -0.15) is 5.10 Å². The molecule has 0 aliphatic heterocycles. The van der Waals surface area contributed by atoms with Crippen LogP contribution >= 0.6 is 34.8 Å². The Labute approximate surface area is 151 Å². The van der Waals surface area contributed by atoms with Gasteiger partial charge in [-0.05, 0) is 25.1 Å². The fraction of sp³-hybridized carbons (Fsp3) is 0.0714. The Morgan fingerprint density at radius 1 is 1.33 bits per heavy atom. The number of phenols is 1. The highest BCUT2D eigenvalue weighted by Crippen LogP contribution is 2.34. The van der Waals surface area contributed by atoms with Gasteiger partial charge < -0.3 is 10.8 Å². The minimum absolute atomic E-state index is 0.0671. The van der Waals surface area contributed by atoms with Crippen LogP contribution in [0.1, 0.15) is 23.0 Å². The Morgan fingerprint density at radius 3 is 2.67 bits per heavy atom. The first-order chi connectivity index (χ1) is 11.2. The van der Waals surface area contributed by atoms with E-state index in [9.17, 15) is 14.3 Å². The van der Waals surface area contributed by atoms with Crippen molar-refractivity contribution < 1.29 is 14.3 Å². The number of nitrogens with two attached hydrogens (primary N) is 1. The van der Waals surface area contributed by atoms with Crippen molar-refractivity contribution in [1.82, 2.24) is 10.4 Å². The number of pyridine rings is 1. The number of benzene rings is 1. The summed E-state index contributed by atoms with van der Waals surface area (Å²) < 4.78 is 13.2. The molecule has 0 atom stereocenters. The third kappa shape index (κ3) is 3.69. The summed E-state index contributed by atoms with van der Waals surface area (Å²) in [6, 6.07) is 3.33.